The third-order valence-electron chi connectivity index (χ3n) is 2.47. The van der Waals surface area contributed by atoms with E-state index in [0.717, 1.165) is 4.47 Å². The van der Waals surface area contributed by atoms with Crippen molar-refractivity contribution in [3.05, 3.63) is 52.5 Å². The van der Waals surface area contributed by atoms with Gasteiger partial charge in [0.2, 0.25) is 5.91 Å². The summed E-state index contributed by atoms with van der Waals surface area (Å²) in [6.07, 6.45) is 0. The van der Waals surface area contributed by atoms with E-state index in [9.17, 15) is 4.79 Å². The molecule has 0 unspecified atom stereocenters. The van der Waals surface area contributed by atoms with Gasteiger partial charge in [0.1, 0.15) is 17.6 Å². The van der Waals surface area contributed by atoms with Crippen molar-refractivity contribution in [2.24, 2.45) is 0 Å². The molecule has 0 atom stereocenters. The van der Waals surface area contributed by atoms with Crippen LogP contribution in [0.4, 0.5) is 5.69 Å². The van der Waals surface area contributed by atoms with E-state index >= 15 is 0 Å². The summed E-state index contributed by atoms with van der Waals surface area (Å²) in [4.78, 5) is 10.9. The van der Waals surface area contributed by atoms with Crippen LogP contribution in [0.3, 0.4) is 0 Å². The fourth-order valence-corrected chi connectivity index (χ4v) is 1.95. The van der Waals surface area contributed by atoms with Crippen LogP contribution in [0.1, 0.15) is 12.5 Å². The monoisotopic (exact) mass is 330 g/mol. The smallest absolute Gasteiger partial charge is 0.221 e. The number of anilines is 1. The van der Waals surface area contributed by atoms with Crippen molar-refractivity contribution in [1.29, 1.82) is 5.26 Å². The van der Waals surface area contributed by atoms with Gasteiger partial charge in [-0.3, -0.25) is 4.79 Å². The average molecular weight is 331 g/mol. The van der Waals surface area contributed by atoms with Gasteiger partial charge in [0, 0.05) is 17.1 Å². The number of amides is 1. The van der Waals surface area contributed by atoms with Gasteiger partial charge >= 0.3 is 0 Å². The Kier molecular flexibility index (Phi) is 4.38. The highest BCUT2D eigenvalue weighted by atomic mass is 79.9. The summed E-state index contributed by atoms with van der Waals surface area (Å²) in [6, 6.07) is 14.2. The van der Waals surface area contributed by atoms with Gasteiger partial charge in [-0.05, 0) is 42.5 Å². The predicted molar refractivity (Wildman–Crippen MR) is 79.7 cm³/mol. The normalized spacial score (nSPS) is 9.65. The molecule has 4 nitrogen and oxygen atoms in total. The number of nitrogens with one attached hydrogen (secondary N) is 1. The molecule has 0 saturated carbocycles. The zero-order valence-corrected chi connectivity index (χ0v) is 12.3. The Balaban J connectivity index is 2.20. The number of hydrogen-bond donors (Lipinski definition) is 1. The molecule has 2 aromatic carbocycles. The number of rotatable bonds is 3. The molecule has 1 N–H and O–H groups in total. The van der Waals surface area contributed by atoms with Crippen molar-refractivity contribution >= 4 is 27.5 Å². The van der Waals surface area contributed by atoms with Crippen molar-refractivity contribution in [2.75, 3.05) is 5.32 Å². The Hall–Kier alpha value is -2.32. The number of benzene rings is 2. The third kappa shape index (κ3) is 3.59. The lowest BCUT2D eigenvalue weighted by atomic mass is 10.2. The highest BCUT2D eigenvalue weighted by molar-refractivity contribution is 9.10. The van der Waals surface area contributed by atoms with Crippen molar-refractivity contribution < 1.29 is 9.53 Å². The molecule has 2 rings (SSSR count). The molecule has 0 aliphatic rings. The highest BCUT2D eigenvalue weighted by Gasteiger charge is 2.06. The van der Waals surface area contributed by atoms with E-state index in [2.05, 4.69) is 27.3 Å². The van der Waals surface area contributed by atoms with Crippen molar-refractivity contribution in [3.63, 3.8) is 0 Å². The Bertz CT molecular complexity index is 675. The number of carbonyl (C=O) groups is 1. The number of halogens is 1. The molecule has 0 aliphatic carbocycles. The number of nitriles is 1. The minimum Gasteiger partial charge on any atom is -0.456 e. The summed E-state index contributed by atoms with van der Waals surface area (Å²) in [5, 5.41) is 11.7. The van der Waals surface area contributed by atoms with E-state index in [1.54, 1.807) is 42.5 Å². The second kappa shape index (κ2) is 6.22. The molecule has 2 aromatic rings. The Labute approximate surface area is 125 Å². The predicted octanol–water partition coefficient (Wildman–Crippen LogP) is 4.07. The molecule has 5 heteroatoms. The minimum absolute atomic E-state index is 0.127. The molecule has 0 fully saturated rings. The molecule has 0 aliphatic heterocycles. The van der Waals surface area contributed by atoms with Crippen LogP contribution in [0.2, 0.25) is 0 Å². The maximum Gasteiger partial charge on any atom is 0.221 e. The fraction of sp³-hybridized carbons (Fsp3) is 0.0667. The first kappa shape index (κ1) is 14.1. The molecule has 0 heterocycles. The Morgan fingerprint density at radius 3 is 2.55 bits per heavy atom. The first-order valence-corrected chi connectivity index (χ1v) is 6.63. The van der Waals surface area contributed by atoms with E-state index in [4.69, 9.17) is 10.00 Å². The van der Waals surface area contributed by atoms with Crippen LogP contribution in [0, 0.1) is 11.3 Å². The minimum atomic E-state index is -0.127. The van der Waals surface area contributed by atoms with Gasteiger partial charge in [-0.2, -0.15) is 5.26 Å². The van der Waals surface area contributed by atoms with Gasteiger partial charge < -0.3 is 10.1 Å². The Morgan fingerprint density at radius 1 is 1.25 bits per heavy atom. The average Bonchev–Trinajstić information content (AvgIpc) is 2.41. The molecular weight excluding hydrogens is 320 g/mol. The second-order valence-electron chi connectivity index (χ2n) is 4.06. The molecule has 20 heavy (non-hydrogen) atoms. The third-order valence-corrected chi connectivity index (χ3v) is 2.96. The van der Waals surface area contributed by atoms with Crippen molar-refractivity contribution in [1.82, 2.24) is 0 Å². The molecule has 0 aromatic heterocycles. The molecule has 1 amide bonds. The van der Waals surface area contributed by atoms with E-state index in [1.165, 1.54) is 6.92 Å². The molecule has 0 bridgehead atoms. The van der Waals surface area contributed by atoms with Gasteiger partial charge in [-0.1, -0.05) is 15.9 Å². The van der Waals surface area contributed by atoms with Crippen LogP contribution < -0.4 is 10.1 Å². The molecule has 0 saturated heterocycles. The number of ether oxygens (including phenoxy) is 1. The summed E-state index contributed by atoms with van der Waals surface area (Å²) < 4.78 is 6.51. The lowest BCUT2D eigenvalue weighted by Crippen LogP contribution is -2.05. The number of carbonyl (C=O) groups excluding carboxylic acids is 1. The van der Waals surface area contributed by atoms with Gasteiger partial charge in [0.05, 0.1) is 5.56 Å². The Morgan fingerprint density at radius 2 is 1.95 bits per heavy atom. The van der Waals surface area contributed by atoms with Crippen LogP contribution in [0.5, 0.6) is 11.5 Å². The summed E-state index contributed by atoms with van der Waals surface area (Å²) >= 11 is 3.34. The van der Waals surface area contributed by atoms with Crippen LogP contribution >= 0.6 is 15.9 Å². The standard InChI is InChI=1S/C15H11BrN2O2/c1-10(19)18-13-4-6-14(7-5-13)20-15-8-12(16)3-2-11(15)9-17/h2-8H,1H3,(H,18,19). The molecule has 0 spiro atoms. The van der Waals surface area contributed by atoms with E-state index in [1.807, 2.05) is 0 Å². The number of hydrogen-bond acceptors (Lipinski definition) is 3. The summed E-state index contributed by atoms with van der Waals surface area (Å²) in [6.45, 7) is 1.45. The first-order chi connectivity index (χ1) is 9.58. The number of nitrogens with zero attached hydrogens (tertiary/aromatic N) is 1. The SMILES string of the molecule is CC(=O)Nc1ccc(Oc2cc(Br)ccc2C#N)cc1. The van der Waals surface area contributed by atoms with Crippen LogP contribution in [-0.4, -0.2) is 5.91 Å². The largest absolute Gasteiger partial charge is 0.456 e. The van der Waals surface area contributed by atoms with Gasteiger partial charge in [0.25, 0.3) is 0 Å². The van der Waals surface area contributed by atoms with Crippen molar-refractivity contribution in [3.8, 4) is 17.6 Å². The van der Waals surface area contributed by atoms with Crippen LogP contribution in [-0.2, 0) is 4.79 Å². The second-order valence-corrected chi connectivity index (χ2v) is 4.98. The zero-order chi connectivity index (χ0) is 14.5. The maximum atomic E-state index is 10.9. The molecular formula is C15H11BrN2O2. The topological polar surface area (TPSA) is 62.1 Å². The summed E-state index contributed by atoms with van der Waals surface area (Å²) in [5.74, 6) is 0.945. The van der Waals surface area contributed by atoms with Gasteiger partial charge in [0.15, 0.2) is 0 Å². The molecule has 0 radical (unpaired) electrons. The lowest BCUT2D eigenvalue weighted by molar-refractivity contribution is -0.114. The van der Waals surface area contributed by atoms with Crippen molar-refractivity contribution in [2.45, 2.75) is 6.92 Å². The fourth-order valence-electron chi connectivity index (χ4n) is 1.61. The van der Waals surface area contributed by atoms with Gasteiger partial charge in [-0.25, -0.2) is 0 Å². The van der Waals surface area contributed by atoms with E-state index in [-0.39, 0.29) is 5.91 Å². The maximum absolute atomic E-state index is 10.9. The van der Waals surface area contributed by atoms with Crippen LogP contribution in [0.15, 0.2) is 46.9 Å². The quantitative estimate of drug-likeness (QED) is 0.922. The first-order valence-electron chi connectivity index (χ1n) is 5.83. The molecule has 100 valence electrons. The van der Waals surface area contributed by atoms with E-state index in [0.29, 0.717) is 22.7 Å². The lowest BCUT2D eigenvalue weighted by Gasteiger charge is -2.09. The summed E-state index contributed by atoms with van der Waals surface area (Å²) in [7, 11) is 0. The zero-order valence-electron chi connectivity index (χ0n) is 10.7. The van der Waals surface area contributed by atoms with Crippen LogP contribution in [0.25, 0.3) is 0 Å². The van der Waals surface area contributed by atoms with E-state index < -0.39 is 0 Å². The van der Waals surface area contributed by atoms with Gasteiger partial charge in [-0.15, -0.1) is 0 Å². The summed E-state index contributed by atoms with van der Waals surface area (Å²) in [5.41, 5.74) is 1.15. The highest BCUT2D eigenvalue weighted by Crippen LogP contribution is 2.28.